The largest absolute Gasteiger partial charge is 0.281 e. The Labute approximate surface area is 77.1 Å². The average Bonchev–Trinajstić information content (AvgIpc) is 2.30. The van der Waals surface area contributed by atoms with Gasteiger partial charge in [-0.3, -0.25) is 14.5 Å². The quantitative estimate of drug-likeness (QED) is 0.583. The van der Waals surface area contributed by atoms with Crippen molar-refractivity contribution in [2.75, 3.05) is 6.54 Å². The van der Waals surface area contributed by atoms with Gasteiger partial charge in [-0.05, 0) is 0 Å². The molecule has 2 atom stereocenters. The molecule has 0 aromatic heterocycles. The zero-order chi connectivity index (χ0) is 10.0. The van der Waals surface area contributed by atoms with Crippen molar-refractivity contribution in [2.45, 2.75) is 20.3 Å². The molecule has 1 rings (SSSR count). The molecule has 0 radical (unpaired) electrons. The van der Waals surface area contributed by atoms with E-state index in [1.165, 1.54) is 4.90 Å². The lowest BCUT2D eigenvalue weighted by Gasteiger charge is -2.11. The van der Waals surface area contributed by atoms with E-state index in [0.717, 1.165) is 0 Å². The number of hydrogen-bond acceptors (Lipinski definition) is 3. The Morgan fingerprint density at radius 1 is 1.31 bits per heavy atom. The van der Waals surface area contributed by atoms with Gasteiger partial charge in [-0.25, -0.2) is 0 Å². The van der Waals surface area contributed by atoms with Gasteiger partial charge < -0.3 is 0 Å². The predicted molar refractivity (Wildman–Crippen MR) is 45.3 cm³/mol. The molecule has 1 fully saturated rings. The Morgan fingerprint density at radius 2 is 1.77 bits per heavy atom. The summed E-state index contributed by atoms with van der Waals surface area (Å²) in [5, 5.41) is 8.33. The summed E-state index contributed by atoms with van der Waals surface area (Å²) in [5.41, 5.74) is 0. The topological polar surface area (TPSA) is 61.2 Å². The van der Waals surface area contributed by atoms with Gasteiger partial charge in [0.1, 0.15) is 0 Å². The van der Waals surface area contributed by atoms with E-state index in [0.29, 0.717) is 0 Å². The molecule has 0 aromatic rings. The molecule has 2 amide bonds. The highest BCUT2D eigenvalue weighted by Crippen LogP contribution is 2.24. The molecule has 1 saturated heterocycles. The standard InChI is InChI=1S/C9H12N2O2/c1-6-7(2)9(13)11(8(6)12)5-3-4-10/h6-7H,3,5H2,1-2H3. The summed E-state index contributed by atoms with van der Waals surface area (Å²) >= 11 is 0. The van der Waals surface area contributed by atoms with Gasteiger partial charge in [-0.1, -0.05) is 13.8 Å². The molecular weight excluding hydrogens is 168 g/mol. The zero-order valence-electron chi connectivity index (χ0n) is 7.78. The maximum Gasteiger partial charge on any atom is 0.232 e. The molecule has 0 aromatic carbocycles. The van der Waals surface area contributed by atoms with Crippen LogP contribution in [0.25, 0.3) is 0 Å². The van der Waals surface area contributed by atoms with E-state index in [9.17, 15) is 9.59 Å². The first-order valence-corrected chi connectivity index (χ1v) is 4.31. The highest BCUT2D eigenvalue weighted by atomic mass is 16.2. The number of hydrogen-bond donors (Lipinski definition) is 0. The molecule has 1 aliphatic heterocycles. The summed E-state index contributed by atoms with van der Waals surface area (Å²) in [6, 6.07) is 1.92. The molecule has 0 aliphatic carbocycles. The van der Waals surface area contributed by atoms with Crippen molar-refractivity contribution >= 4 is 11.8 Å². The normalized spacial score (nSPS) is 27.9. The van der Waals surface area contributed by atoms with Crippen molar-refractivity contribution in [3.63, 3.8) is 0 Å². The molecule has 0 spiro atoms. The van der Waals surface area contributed by atoms with Gasteiger partial charge in [-0.15, -0.1) is 0 Å². The third-order valence-corrected chi connectivity index (χ3v) is 2.51. The predicted octanol–water partition coefficient (Wildman–Crippen LogP) is 0.541. The summed E-state index contributed by atoms with van der Waals surface area (Å²) in [4.78, 5) is 24.0. The summed E-state index contributed by atoms with van der Waals surface area (Å²) in [5.74, 6) is -0.752. The molecule has 4 nitrogen and oxygen atoms in total. The Hall–Kier alpha value is -1.37. The fourth-order valence-corrected chi connectivity index (χ4v) is 1.41. The number of amides is 2. The molecule has 1 heterocycles. The van der Waals surface area contributed by atoms with Crippen molar-refractivity contribution < 1.29 is 9.59 Å². The van der Waals surface area contributed by atoms with Gasteiger partial charge in [0.05, 0.1) is 12.5 Å². The molecule has 4 heteroatoms. The number of rotatable bonds is 2. The second-order valence-corrected chi connectivity index (χ2v) is 3.31. The Morgan fingerprint density at radius 3 is 2.15 bits per heavy atom. The smallest absolute Gasteiger partial charge is 0.232 e. The number of imide groups is 1. The van der Waals surface area contributed by atoms with Gasteiger partial charge in [-0.2, -0.15) is 5.26 Å². The average molecular weight is 180 g/mol. The number of carbonyl (C=O) groups is 2. The first-order valence-electron chi connectivity index (χ1n) is 4.31. The maximum absolute atomic E-state index is 11.4. The van der Waals surface area contributed by atoms with Crippen molar-refractivity contribution in [1.82, 2.24) is 4.90 Å². The van der Waals surface area contributed by atoms with Crippen LogP contribution in [0.15, 0.2) is 0 Å². The minimum atomic E-state index is -0.230. The molecule has 13 heavy (non-hydrogen) atoms. The third-order valence-electron chi connectivity index (χ3n) is 2.51. The van der Waals surface area contributed by atoms with Crippen LogP contribution >= 0.6 is 0 Å². The highest BCUT2D eigenvalue weighted by Gasteiger charge is 2.41. The van der Waals surface area contributed by atoms with Crippen LogP contribution in [0.4, 0.5) is 0 Å². The van der Waals surface area contributed by atoms with E-state index < -0.39 is 0 Å². The van der Waals surface area contributed by atoms with Crippen LogP contribution in [0, 0.1) is 23.2 Å². The van der Waals surface area contributed by atoms with Crippen LogP contribution in [0.1, 0.15) is 20.3 Å². The van der Waals surface area contributed by atoms with E-state index in [-0.39, 0.29) is 36.6 Å². The second kappa shape index (κ2) is 3.56. The molecule has 1 aliphatic rings. The highest BCUT2D eigenvalue weighted by molar-refractivity contribution is 6.04. The van der Waals surface area contributed by atoms with Crippen LogP contribution in [-0.4, -0.2) is 23.3 Å². The van der Waals surface area contributed by atoms with Crippen LogP contribution < -0.4 is 0 Å². The van der Waals surface area contributed by atoms with Crippen LogP contribution in [0.3, 0.4) is 0 Å². The molecule has 0 N–H and O–H groups in total. The van der Waals surface area contributed by atoms with E-state index >= 15 is 0 Å². The number of likely N-dealkylation sites (tertiary alicyclic amines) is 1. The molecular formula is C9H12N2O2. The summed E-state index contributed by atoms with van der Waals surface area (Å²) in [6.07, 6.45) is 0.219. The lowest BCUT2D eigenvalue weighted by molar-refractivity contribution is -0.139. The van der Waals surface area contributed by atoms with Gasteiger partial charge in [0.25, 0.3) is 0 Å². The Balaban J connectivity index is 2.71. The van der Waals surface area contributed by atoms with E-state index in [4.69, 9.17) is 5.26 Å². The zero-order valence-corrected chi connectivity index (χ0v) is 7.78. The summed E-state index contributed by atoms with van der Waals surface area (Å²) in [7, 11) is 0. The van der Waals surface area contributed by atoms with Gasteiger partial charge in [0.15, 0.2) is 0 Å². The van der Waals surface area contributed by atoms with Crippen LogP contribution in [-0.2, 0) is 9.59 Å². The van der Waals surface area contributed by atoms with Crippen molar-refractivity contribution in [3.05, 3.63) is 0 Å². The van der Waals surface area contributed by atoms with Crippen molar-refractivity contribution in [3.8, 4) is 6.07 Å². The maximum atomic E-state index is 11.4. The number of nitriles is 1. The minimum absolute atomic E-state index is 0.146. The van der Waals surface area contributed by atoms with Gasteiger partial charge in [0, 0.05) is 18.4 Å². The van der Waals surface area contributed by atoms with Crippen LogP contribution in [0.2, 0.25) is 0 Å². The van der Waals surface area contributed by atoms with Crippen molar-refractivity contribution in [1.29, 1.82) is 5.26 Å². The van der Waals surface area contributed by atoms with Gasteiger partial charge in [0.2, 0.25) is 11.8 Å². The molecule has 2 unspecified atom stereocenters. The second-order valence-electron chi connectivity index (χ2n) is 3.31. The Bertz CT molecular complexity index is 260. The molecule has 70 valence electrons. The summed E-state index contributed by atoms with van der Waals surface area (Å²) < 4.78 is 0. The number of nitrogens with zero attached hydrogens (tertiary/aromatic N) is 2. The van der Waals surface area contributed by atoms with Gasteiger partial charge >= 0.3 is 0 Å². The Kier molecular flexibility index (Phi) is 2.66. The van der Waals surface area contributed by atoms with E-state index in [1.54, 1.807) is 13.8 Å². The first kappa shape index (κ1) is 9.72. The first-order chi connectivity index (χ1) is 6.09. The fraction of sp³-hybridized carbons (Fsp3) is 0.667. The summed E-state index contributed by atoms with van der Waals surface area (Å²) in [6.45, 7) is 3.73. The molecule has 0 saturated carbocycles. The lowest BCUT2D eigenvalue weighted by atomic mass is 10.00. The SMILES string of the molecule is CC1C(=O)N(CCC#N)C(=O)C1C. The third kappa shape index (κ3) is 1.55. The number of carbonyl (C=O) groups excluding carboxylic acids is 2. The fourth-order valence-electron chi connectivity index (χ4n) is 1.41. The van der Waals surface area contributed by atoms with Crippen molar-refractivity contribution in [2.24, 2.45) is 11.8 Å². The van der Waals surface area contributed by atoms with Crippen LogP contribution in [0.5, 0.6) is 0 Å². The lowest BCUT2D eigenvalue weighted by Crippen LogP contribution is -2.31. The van der Waals surface area contributed by atoms with E-state index in [1.807, 2.05) is 6.07 Å². The minimum Gasteiger partial charge on any atom is -0.281 e. The van der Waals surface area contributed by atoms with E-state index in [2.05, 4.69) is 0 Å². The molecule has 0 bridgehead atoms. The monoisotopic (exact) mass is 180 g/mol.